The molecule has 144 valence electrons. The summed E-state index contributed by atoms with van der Waals surface area (Å²) in [5.74, 6) is 1.63. The zero-order valence-corrected chi connectivity index (χ0v) is 16.3. The van der Waals surface area contributed by atoms with Crippen LogP contribution in [-0.4, -0.2) is 38.4 Å². The van der Waals surface area contributed by atoms with Crippen LogP contribution in [-0.2, 0) is 13.0 Å². The van der Waals surface area contributed by atoms with Crippen LogP contribution in [0.25, 0.3) is 0 Å². The van der Waals surface area contributed by atoms with Crippen LogP contribution in [0.3, 0.4) is 0 Å². The van der Waals surface area contributed by atoms with E-state index < -0.39 is 0 Å². The van der Waals surface area contributed by atoms with Gasteiger partial charge in [0, 0.05) is 50.3 Å². The van der Waals surface area contributed by atoms with Gasteiger partial charge >= 0.3 is 0 Å². The van der Waals surface area contributed by atoms with Gasteiger partial charge in [0.1, 0.15) is 5.82 Å². The van der Waals surface area contributed by atoms with Gasteiger partial charge in [0.05, 0.1) is 5.56 Å². The molecule has 0 N–H and O–H groups in total. The highest BCUT2D eigenvalue weighted by Crippen LogP contribution is 2.23. The maximum absolute atomic E-state index is 12.8. The summed E-state index contributed by atoms with van der Waals surface area (Å²) in [6.45, 7) is 4.55. The Morgan fingerprint density at radius 1 is 1.14 bits per heavy atom. The summed E-state index contributed by atoms with van der Waals surface area (Å²) in [7, 11) is 0. The van der Waals surface area contributed by atoms with Crippen LogP contribution in [0.1, 0.15) is 40.3 Å². The normalized spacial score (nSPS) is 16.9. The first-order valence-electron chi connectivity index (χ1n) is 9.95. The summed E-state index contributed by atoms with van der Waals surface area (Å²) in [4.78, 5) is 23.5. The number of piperidine rings is 1. The number of carbonyl (C=O) groups is 1. The lowest BCUT2D eigenvalue weighted by Gasteiger charge is -2.32. The third-order valence-electron chi connectivity index (χ3n) is 5.51. The highest BCUT2D eigenvalue weighted by molar-refractivity contribution is 5.93. The van der Waals surface area contributed by atoms with Crippen molar-refractivity contribution in [1.29, 1.82) is 0 Å². The number of aryl methyl sites for hydroxylation is 1. The van der Waals surface area contributed by atoms with Crippen LogP contribution in [0, 0.1) is 12.8 Å². The quantitative estimate of drug-likeness (QED) is 0.684. The number of amides is 1. The molecule has 0 bridgehead atoms. The number of benzene rings is 1. The minimum atomic E-state index is 0.0848. The number of imidazole rings is 1. The van der Waals surface area contributed by atoms with E-state index in [0.717, 1.165) is 44.7 Å². The third-order valence-corrected chi connectivity index (χ3v) is 5.51. The largest absolute Gasteiger partial charge is 0.338 e. The van der Waals surface area contributed by atoms with Gasteiger partial charge in [-0.25, -0.2) is 4.98 Å². The fraction of sp³-hybridized carbons (Fsp3) is 0.348. The SMILES string of the molecule is Cc1cnc(CC2CCCN(C(=O)c3cccnc3)C2)n1Cc1ccccc1. The summed E-state index contributed by atoms with van der Waals surface area (Å²) in [5, 5.41) is 0. The molecule has 0 spiro atoms. The topological polar surface area (TPSA) is 51.0 Å². The molecule has 1 aliphatic rings. The van der Waals surface area contributed by atoms with Crippen LogP contribution < -0.4 is 0 Å². The number of aromatic nitrogens is 3. The van der Waals surface area contributed by atoms with Crippen molar-refractivity contribution >= 4 is 5.91 Å². The van der Waals surface area contributed by atoms with Crippen molar-refractivity contribution < 1.29 is 4.79 Å². The molecular weight excluding hydrogens is 348 g/mol. The second-order valence-corrected chi connectivity index (χ2v) is 7.59. The molecule has 3 aromatic rings. The molecule has 28 heavy (non-hydrogen) atoms. The molecule has 1 atom stereocenters. The van der Waals surface area contributed by atoms with Crippen molar-refractivity contribution in [2.45, 2.75) is 32.7 Å². The molecule has 4 rings (SSSR count). The highest BCUT2D eigenvalue weighted by Gasteiger charge is 2.26. The van der Waals surface area contributed by atoms with Crippen molar-refractivity contribution in [2.24, 2.45) is 5.92 Å². The van der Waals surface area contributed by atoms with E-state index in [1.165, 1.54) is 11.3 Å². The van der Waals surface area contributed by atoms with E-state index in [-0.39, 0.29) is 5.91 Å². The number of rotatable bonds is 5. The Labute approximate surface area is 166 Å². The lowest BCUT2D eigenvalue weighted by molar-refractivity contribution is 0.0671. The maximum Gasteiger partial charge on any atom is 0.255 e. The smallest absolute Gasteiger partial charge is 0.255 e. The van der Waals surface area contributed by atoms with Crippen molar-refractivity contribution in [3.63, 3.8) is 0 Å². The van der Waals surface area contributed by atoms with Gasteiger partial charge in [-0.15, -0.1) is 0 Å². The van der Waals surface area contributed by atoms with Gasteiger partial charge in [0.15, 0.2) is 0 Å². The molecule has 5 heteroatoms. The molecule has 2 aromatic heterocycles. The lowest BCUT2D eigenvalue weighted by atomic mass is 9.94. The molecule has 1 unspecified atom stereocenters. The Morgan fingerprint density at radius 2 is 2.00 bits per heavy atom. The van der Waals surface area contributed by atoms with E-state index in [1.54, 1.807) is 12.4 Å². The van der Waals surface area contributed by atoms with Crippen molar-refractivity contribution in [2.75, 3.05) is 13.1 Å². The molecular formula is C23H26N4O. The monoisotopic (exact) mass is 374 g/mol. The molecule has 1 amide bonds. The van der Waals surface area contributed by atoms with Crippen LogP contribution in [0.15, 0.2) is 61.1 Å². The first kappa shape index (κ1) is 18.4. The summed E-state index contributed by atoms with van der Waals surface area (Å²) in [5.41, 5.74) is 3.13. The van der Waals surface area contributed by atoms with Gasteiger partial charge in [-0.05, 0) is 43.4 Å². The molecule has 3 heterocycles. The zero-order valence-electron chi connectivity index (χ0n) is 16.3. The van der Waals surface area contributed by atoms with Crippen molar-refractivity contribution in [3.8, 4) is 0 Å². The van der Waals surface area contributed by atoms with E-state index in [4.69, 9.17) is 0 Å². The van der Waals surface area contributed by atoms with Crippen LogP contribution in [0.2, 0.25) is 0 Å². The van der Waals surface area contributed by atoms with E-state index >= 15 is 0 Å². The molecule has 1 aliphatic heterocycles. The molecule has 0 saturated carbocycles. The van der Waals surface area contributed by atoms with E-state index in [1.807, 2.05) is 29.3 Å². The minimum Gasteiger partial charge on any atom is -0.338 e. The number of carbonyl (C=O) groups excluding carboxylic acids is 1. The Hall–Kier alpha value is -2.95. The van der Waals surface area contributed by atoms with Crippen LogP contribution in [0.4, 0.5) is 0 Å². The lowest BCUT2D eigenvalue weighted by Crippen LogP contribution is -2.40. The average molecular weight is 374 g/mol. The van der Waals surface area contributed by atoms with Gasteiger partial charge in [0.2, 0.25) is 0 Å². The van der Waals surface area contributed by atoms with Gasteiger partial charge in [0.25, 0.3) is 5.91 Å². The van der Waals surface area contributed by atoms with Crippen molar-refractivity contribution in [3.05, 3.63) is 83.7 Å². The predicted octanol–water partition coefficient (Wildman–Crippen LogP) is 3.73. The Balaban J connectivity index is 1.45. The summed E-state index contributed by atoms with van der Waals surface area (Å²) in [6.07, 6.45) is 8.38. The Bertz CT molecular complexity index is 920. The van der Waals surface area contributed by atoms with Gasteiger partial charge in [-0.3, -0.25) is 9.78 Å². The molecule has 5 nitrogen and oxygen atoms in total. The highest BCUT2D eigenvalue weighted by atomic mass is 16.2. The molecule has 1 saturated heterocycles. The van der Waals surface area contributed by atoms with E-state index in [2.05, 4.69) is 45.7 Å². The maximum atomic E-state index is 12.8. The Kier molecular flexibility index (Phi) is 5.51. The number of hydrogen-bond donors (Lipinski definition) is 0. The van der Waals surface area contributed by atoms with Crippen molar-refractivity contribution in [1.82, 2.24) is 19.4 Å². The molecule has 1 fully saturated rings. The van der Waals surface area contributed by atoms with E-state index in [0.29, 0.717) is 11.5 Å². The van der Waals surface area contributed by atoms with Gasteiger partial charge < -0.3 is 9.47 Å². The predicted molar refractivity (Wildman–Crippen MR) is 109 cm³/mol. The number of pyridine rings is 1. The molecule has 0 aliphatic carbocycles. The summed E-state index contributed by atoms with van der Waals surface area (Å²) in [6, 6.07) is 14.2. The van der Waals surface area contributed by atoms with Crippen LogP contribution in [0.5, 0.6) is 0 Å². The number of hydrogen-bond acceptors (Lipinski definition) is 3. The first-order valence-corrected chi connectivity index (χ1v) is 9.95. The zero-order chi connectivity index (χ0) is 19.3. The molecule has 0 radical (unpaired) electrons. The second kappa shape index (κ2) is 8.38. The average Bonchev–Trinajstić information content (AvgIpc) is 3.08. The summed E-state index contributed by atoms with van der Waals surface area (Å²) < 4.78 is 2.30. The first-order chi connectivity index (χ1) is 13.7. The fourth-order valence-electron chi connectivity index (χ4n) is 4.00. The standard InChI is InChI=1S/C23H26N4O/c1-18-14-25-22(27(18)17-19-7-3-2-4-8-19)13-20-9-6-12-26(16-20)23(28)21-10-5-11-24-15-21/h2-5,7-8,10-11,14-15,20H,6,9,12-13,16-17H2,1H3. The second-order valence-electron chi connectivity index (χ2n) is 7.59. The van der Waals surface area contributed by atoms with E-state index in [9.17, 15) is 4.79 Å². The number of likely N-dealkylation sites (tertiary alicyclic amines) is 1. The third kappa shape index (κ3) is 4.14. The van der Waals surface area contributed by atoms with Gasteiger partial charge in [-0.2, -0.15) is 0 Å². The fourth-order valence-corrected chi connectivity index (χ4v) is 4.00. The Morgan fingerprint density at radius 3 is 2.79 bits per heavy atom. The summed E-state index contributed by atoms with van der Waals surface area (Å²) >= 11 is 0. The minimum absolute atomic E-state index is 0.0848. The molecule has 1 aromatic carbocycles. The number of nitrogens with zero attached hydrogens (tertiary/aromatic N) is 4. The van der Waals surface area contributed by atoms with Crippen LogP contribution >= 0.6 is 0 Å². The van der Waals surface area contributed by atoms with Gasteiger partial charge in [-0.1, -0.05) is 30.3 Å².